The van der Waals surface area contributed by atoms with E-state index in [2.05, 4.69) is 29.6 Å². The van der Waals surface area contributed by atoms with E-state index in [1.807, 2.05) is 31.2 Å². The van der Waals surface area contributed by atoms with Gasteiger partial charge in [0.15, 0.2) is 0 Å². The molecule has 0 aromatic heterocycles. The van der Waals surface area contributed by atoms with E-state index in [-0.39, 0.29) is 36.8 Å². The van der Waals surface area contributed by atoms with Crippen LogP contribution in [-0.2, 0) is 14.3 Å². The number of carboxylic acids is 1. The third-order valence-electron chi connectivity index (χ3n) is 7.24. The molecule has 186 valence electrons. The van der Waals surface area contributed by atoms with Crippen LogP contribution in [0.25, 0.3) is 11.1 Å². The van der Waals surface area contributed by atoms with Gasteiger partial charge >= 0.3 is 12.1 Å². The summed E-state index contributed by atoms with van der Waals surface area (Å²) in [6, 6.07) is 16.1. The van der Waals surface area contributed by atoms with Crippen LogP contribution in [0.5, 0.6) is 0 Å². The van der Waals surface area contributed by atoms with Gasteiger partial charge in [-0.2, -0.15) is 0 Å². The molecule has 2 aromatic carbocycles. The van der Waals surface area contributed by atoms with Crippen molar-refractivity contribution in [3.63, 3.8) is 0 Å². The zero-order valence-electron chi connectivity index (χ0n) is 20.2. The van der Waals surface area contributed by atoms with Crippen molar-refractivity contribution < 1.29 is 24.2 Å². The third kappa shape index (κ3) is 5.66. The summed E-state index contributed by atoms with van der Waals surface area (Å²) in [5.74, 6) is -1.20. The molecule has 2 aliphatic carbocycles. The lowest BCUT2D eigenvalue weighted by Crippen LogP contribution is -2.50. The molecular weight excluding hydrogens is 444 g/mol. The van der Waals surface area contributed by atoms with Crippen molar-refractivity contribution in [1.82, 2.24) is 10.2 Å². The maximum Gasteiger partial charge on any atom is 0.407 e. The zero-order chi connectivity index (χ0) is 24.8. The van der Waals surface area contributed by atoms with Gasteiger partial charge in [-0.3, -0.25) is 9.59 Å². The number of amides is 2. The summed E-state index contributed by atoms with van der Waals surface area (Å²) in [5.41, 5.74) is 4.68. The molecule has 0 spiro atoms. The highest BCUT2D eigenvalue weighted by molar-refractivity contribution is 5.81. The Hall–Kier alpha value is -3.35. The average molecular weight is 479 g/mol. The second kappa shape index (κ2) is 11.4. The van der Waals surface area contributed by atoms with Gasteiger partial charge in [-0.05, 0) is 48.4 Å². The van der Waals surface area contributed by atoms with Gasteiger partial charge in [0, 0.05) is 31.5 Å². The lowest BCUT2D eigenvalue weighted by atomic mass is 9.83. The van der Waals surface area contributed by atoms with Crippen LogP contribution in [0.4, 0.5) is 4.79 Å². The number of carbonyl (C=O) groups is 3. The number of nitrogens with one attached hydrogen (secondary N) is 1. The van der Waals surface area contributed by atoms with Crippen molar-refractivity contribution in [3.8, 4) is 11.1 Å². The summed E-state index contributed by atoms with van der Waals surface area (Å²) in [5, 5.41) is 11.9. The van der Waals surface area contributed by atoms with E-state index >= 15 is 0 Å². The molecule has 2 amide bonds. The highest BCUT2D eigenvalue weighted by Crippen LogP contribution is 2.44. The van der Waals surface area contributed by atoms with Gasteiger partial charge in [-0.1, -0.05) is 61.4 Å². The maximum absolute atomic E-state index is 13.2. The van der Waals surface area contributed by atoms with E-state index < -0.39 is 12.1 Å². The molecule has 7 nitrogen and oxygen atoms in total. The van der Waals surface area contributed by atoms with Crippen LogP contribution >= 0.6 is 0 Å². The predicted octanol–water partition coefficient (Wildman–Crippen LogP) is 4.80. The standard InChI is InChI=1S/C28H34N2O5/c1-2-30(17-9-16-26(31)32)27(33)23-14-7-8-15-25(23)29-28(34)35-18-24-21-12-5-3-10-19(21)20-11-4-6-13-22(20)24/h3-6,10-13,23-25H,2,7-9,14-18H2,1H3,(H,29,34)(H,31,32). The largest absolute Gasteiger partial charge is 0.481 e. The van der Waals surface area contributed by atoms with Crippen LogP contribution in [0.1, 0.15) is 62.5 Å². The SMILES string of the molecule is CCN(CCCC(=O)O)C(=O)C1CCCCC1NC(=O)OCC1c2ccccc2-c2ccccc21. The van der Waals surface area contributed by atoms with E-state index in [0.717, 1.165) is 30.4 Å². The van der Waals surface area contributed by atoms with Crippen LogP contribution in [0.3, 0.4) is 0 Å². The van der Waals surface area contributed by atoms with E-state index in [9.17, 15) is 14.4 Å². The van der Waals surface area contributed by atoms with E-state index in [1.54, 1.807) is 4.90 Å². The van der Waals surface area contributed by atoms with E-state index in [4.69, 9.17) is 9.84 Å². The van der Waals surface area contributed by atoms with Crippen LogP contribution < -0.4 is 5.32 Å². The summed E-state index contributed by atoms with van der Waals surface area (Å²) < 4.78 is 5.71. The molecule has 2 aromatic rings. The van der Waals surface area contributed by atoms with Gasteiger partial charge in [-0.15, -0.1) is 0 Å². The number of ether oxygens (including phenoxy) is 1. The minimum absolute atomic E-state index is 0.0123. The zero-order valence-corrected chi connectivity index (χ0v) is 20.2. The number of hydrogen-bond donors (Lipinski definition) is 2. The van der Waals surface area contributed by atoms with Gasteiger partial charge in [0.05, 0.1) is 5.92 Å². The van der Waals surface area contributed by atoms with Crippen LogP contribution in [0.15, 0.2) is 48.5 Å². The Morgan fingerprint density at radius 3 is 2.26 bits per heavy atom. The molecule has 4 rings (SSSR count). The number of alkyl carbamates (subject to hydrolysis) is 1. The Bertz CT molecular complexity index is 1020. The van der Waals surface area contributed by atoms with Gasteiger partial charge in [0.25, 0.3) is 0 Å². The quantitative estimate of drug-likeness (QED) is 0.540. The van der Waals surface area contributed by atoms with Crippen molar-refractivity contribution in [2.75, 3.05) is 19.7 Å². The summed E-state index contributed by atoms with van der Waals surface area (Å²) in [6.07, 6.45) is 3.29. The first-order valence-corrected chi connectivity index (χ1v) is 12.6. The second-order valence-electron chi connectivity index (χ2n) is 9.38. The summed E-state index contributed by atoms with van der Waals surface area (Å²) in [4.78, 5) is 38.6. The predicted molar refractivity (Wildman–Crippen MR) is 133 cm³/mol. The number of carbonyl (C=O) groups excluding carboxylic acids is 2. The van der Waals surface area contributed by atoms with Crippen molar-refractivity contribution in [2.45, 2.75) is 57.4 Å². The summed E-state index contributed by atoms with van der Waals surface area (Å²) >= 11 is 0. The lowest BCUT2D eigenvalue weighted by molar-refractivity contribution is -0.140. The molecule has 35 heavy (non-hydrogen) atoms. The molecule has 7 heteroatoms. The van der Waals surface area contributed by atoms with Crippen molar-refractivity contribution in [1.29, 1.82) is 0 Å². The third-order valence-corrected chi connectivity index (χ3v) is 7.24. The Labute approximate surface area is 206 Å². The van der Waals surface area contributed by atoms with Gasteiger partial charge in [0.2, 0.25) is 5.91 Å². The number of benzene rings is 2. The van der Waals surface area contributed by atoms with E-state index in [1.165, 1.54) is 11.1 Å². The number of fused-ring (bicyclic) bond motifs is 3. The number of carboxylic acid groups (broad SMARTS) is 1. The first-order valence-electron chi connectivity index (χ1n) is 12.6. The fraction of sp³-hybridized carbons (Fsp3) is 0.464. The summed E-state index contributed by atoms with van der Waals surface area (Å²) in [6.45, 7) is 3.07. The van der Waals surface area contributed by atoms with Crippen LogP contribution in [-0.4, -0.2) is 53.7 Å². The molecule has 2 N–H and O–H groups in total. The van der Waals surface area contributed by atoms with E-state index in [0.29, 0.717) is 25.9 Å². The van der Waals surface area contributed by atoms with Crippen LogP contribution in [0.2, 0.25) is 0 Å². The normalized spacial score (nSPS) is 18.9. The van der Waals surface area contributed by atoms with Crippen molar-refractivity contribution in [2.24, 2.45) is 5.92 Å². The number of aliphatic carboxylic acids is 1. The first kappa shape index (κ1) is 24.8. The van der Waals surface area contributed by atoms with Gasteiger partial charge < -0.3 is 20.1 Å². The Balaban J connectivity index is 1.37. The molecule has 0 aliphatic heterocycles. The summed E-state index contributed by atoms with van der Waals surface area (Å²) in [7, 11) is 0. The van der Waals surface area contributed by atoms with Gasteiger partial charge in [0.1, 0.15) is 6.61 Å². The Morgan fingerprint density at radius 2 is 1.63 bits per heavy atom. The fourth-order valence-electron chi connectivity index (χ4n) is 5.47. The topological polar surface area (TPSA) is 95.9 Å². The van der Waals surface area contributed by atoms with Crippen LogP contribution in [0, 0.1) is 5.92 Å². The lowest BCUT2D eigenvalue weighted by Gasteiger charge is -2.34. The molecule has 2 aliphatic rings. The molecule has 1 saturated carbocycles. The highest BCUT2D eigenvalue weighted by Gasteiger charge is 2.35. The smallest absolute Gasteiger partial charge is 0.407 e. The Morgan fingerprint density at radius 1 is 1.00 bits per heavy atom. The number of rotatable bonds is 9. The fourth-order valence-corrected chi connectivity index (χ4v) is 5.47. The van der Waals surface area contributed by atoms with Crippen molar-refractivity contribution >= 4 is 18.0 Å². The number of hydrogen-bond acceptors (Lipinski definition) is 4. The second-order valence-corrected chi connectivity index (χ2v) is 9.38. The average Bonchev–Trinajstić information content (AvgIpc) is 3.19. The number of nitrogens with zero attached hydrogens (tertiary/aromatic N) is 1. The first-order chi connectivity index (χ1) is 17.0. The molecule has 0 heterocycles. The minimum atomic E-state index is -0.860. The molecular formula is C28H34N2O5. The molecule has 0 radical (unpaired) electrons. The monoisotopic (exact) mass is 478 g/mol. The molecule has 0 bridgehead atoms. The van der Waals surface area contributed by atoms with Crippen molar-refractivity contribution in [3.05, 3.63) is 59.7 Å². The molecule has 2 unspecified atom stereocenters. The molecule has 2 atom stereocenters. The Kier molecular flexibility index (Phi) is 8.06. The highest BCUT2D eigenvalue weighted by atomic mass is 16.5. The maximum atomic E-state index is 13.2. The minimum Gasteiger partial charge on any atom is -0.481 e. The van der Waals surface area contributed by atoms with Gasteiger partial charge in [-0.25, -0.2) is 4.79 Å². The molecule has 1 fully saturated rings. The molecule has 0 saturated heterocycles.